The maximum absolute atomic E-state index is 10.4. The molecule has 0 aliphatic rings. The van der Waals surface area contributed by atoms with Crippen molar-refractivity contribution < 1.29 is 17.7 Å². The maximum atomic E-state index is 10.4. The number of nitrogens with two attached hydrogens (primary N) is 1. The number of hydrogen-bond donors (Lipinski definition) is 2. The van der Waals surface area contributed by atoms with Crippen molar-refractivity contribution in [1.82, 2.24) is 0 Å². The van der Waals surface area contributed by atoms with Crippen LogP contribution in [0.2, 0.25) is 0 Å². The molecule has 0 bridgehead atoms. The van der Waals surface area contributed by atoms with Gasteiger partial charge in [0, 0.05) is 11.8 Å². The van der Waals surface area contributed by atoms with E-state index >= 15 is 0 Å². The summed E-state index contributed by atoms with van der Waals surface area (Å²) in [6, 6.07) is 7.01. The third kappa shape index (κ3) is 8.45. The summed E-state index contributed by atoms with van der Waals surface area (Å²) in [4.78, 5) is 0. The molecule has 3 N–H and O–H groups in total. The molecule has 0 aliphatic heterocycles. The fourth-order valence-electron chi connectivity index (χ4n) is 1.18. The van der Waals surface area contributed by atoms with Crippen LogP contribution in [0.3, 0.4) is 0 Å². The van der Waals surface area contributed by atoms with Gasteiger partial charge >= 0.3 is 29.6 Å². The molecule has 0 saturated heterocycles. The molecule has 0 spiro atoms. The summed E-state index contributed by atoms with van der Waals surface area (Å²) in [6.45, 7) is 0.402. The first-order valence-corrected chi connectivity index (χ1v) is 6.52. The van der Waals surface area contributed by atoms with E-state index in [0.717, 1.165) is 0 Å². The second-order valence-corrected chi connectivity index (χ2v) is 4.99. The predicted octanol–water partition coefficient (Wildman–Crippen LogP) is 0.667. The van der Waals surface area contributed by atoms with Gasteiger partial charge in [-0.2, -0.15) is 8.42 Å². The van der Waals surface area contributed by atoms with Crippen LogP contribution in [0.5, 0.6) is 5.75 Å². The number of ether oxygens (including phenoxy) is 1. The zero-order valence-corrected chi connectivity index (χ0v) is 9.61. The van der Waals surface area contributed by atoms with Crippen molar-refractivity contribution in [3.63, 3.8) is 0 Å². The zero-order chi connectivity index (χ0) is 12.0. The topological polar surface area (TPSA) is 89.6 Å². The second kappa shape index (κ2) is 7.94. The molecule has 0 saturated carbocycles. The van der Waals surface area contributed by atoms with Gasteiger partial charge in [-0.05, 0) is 25.0 Å². The van der Waals surface area contributed by atoms with Gasteiger partial charge in [-0.25, -0.2) is 0 Å². The third-order valence-corrected chi connectivity index (χ3v) is 2.73. The third-order valence-electron chi connectivity index (χ3n) is 1.92. The van der Waals surface area contributed by atoms with E-state index in [9.17, 15) is 8.42 Å². The summed E-state index contributed by atoms with van der Waals surface area (Å²) in [5, 5.41) is 0. The van der Waals surface area contributed by atoms with Crippen LogP contribution in [0.1, 0.15) is 12.8 Å². The average Bonchev–Trinajstić information content (AvgIpc) is 2.15. The van der Waals surface area contributed by atoms with Crippen LogP contribution in [-0.2, 0) is 10.1 Å². The van der Waals surface area contributed by atoms with Crippen molar-refractivity contribution in [2.45, 2.75) is 12.8 Å². The minimum atomic E-state index is -3.85. The fourth-order valence-corrected chi connectivity index (χ4v) is 1.75. The molecular weight excluding hydrogens is 253 g/mol. The van der Waals surface area contributed by atoms with Gasteiger partial charge < -0.3 is 10.5 Å². The molecule has 0 fully saturated rings. The molecule has 0 aliphatic carbocycles. The molecule has 17 heavy (non-hydrogen) atoms. The predicted molar refractivity (Wildman–Crippen MR) is 69.1 cm³/mol. The van der Waals surface area contributed by atoms with E-state index in [-0.39, 0.29) is 35.3 Å². The minimum absolute atomic E-state index is 0. The first-order valence-electron chi connectivity index (χ1n) is 4.91. The van der Waals surface area contributed by atoms with E-state index in [4.69, 9.17) is 15.0 Å². The number of benzene rings is 1. The molecule has 0 amide bonds. The SMILES string of the molecule is Nc1cccc(OCCCCS(=O)(=O)O)c1.[NaH]. The Kier molecular flexibility index (Phi) is 7.82. The summed E-state index contributed by atoms with van der Waals surface area (Å²) in [7, 11) is -3.85. The van der Waals surface area contributed by atoms with Gasteiger partial charge in [-0.15, -0.1) is 0 Å². The van der Waals surface area contributed by atoms with Crippen molar-refractivity contribution in [3.05, 3.63) is 24.3 Å². The molecule has 1 aromatic rings. The van der Waals surface area contributed by atoms with Gasteiger partial charge in [0.05, 0.1) is 12.4 Å². The number of rotatable bonds is 6. The van der Waals surface area contributed by atoms with E-state index in [1.807, 2.05) is 0 Å². The summed E-state index contributed by atoms with van der Waals surface area (Å²) >= 11 is 0. The van der Waals surface area contributed by atoms with Crippen LogP contribution in [0.25, 0.3) is 0 Å². The molecule has 1 aromatic carbocycles. The van der Waals surface area contributed by atoms with E-state index in [0.29, 0.717) is 30.9 Å². The average molecular weight is 269 g/mol. The molecule has 7 heteroatoms. The standard InChI is InChI=1S/C10H15NO4S.Na.H/c11-9-4-3-5-10(8-9)15-6-1-2-7-16(12,13)14;;/h3-5,8H,1-2,6-7,11H2,(H,12,13,14);;. The van der Waals surface area contributed by atoms with Crippen LogP contribution in [0.15, 0.2) is 24.3 Å². The van der Waals surface area contributed by atoms with Crippen LogP contribution in [0.4, 0.5) is 5.69 Å². The monoisotopic (exact) mass is 269 g/mol. The molecule has 1 rings (SSSR count). The molecule has 0 heterocycles. The molecule has 0 unspecified atom stereocenters. The van der Waals surface area contributed by atoms with Crippen molar-refractivity contribution in [3.8, 4) is 5.75 Å². The van der Waals surface area contributed by atoms with Crippen LogP contribution in [-0.4, -0.2) is 54.9 Å². The zero-order valence-electron chi connectivity index (χ0n) is 8.80. The number of hydrogen-bond acceptors (Lipinski definition) is 4. The van der Waals surface area contributed by atoms with Gasteiger partial charge in [0.15, 0.2) is 0 Å². The Morgan fingerprint density at radius 2 is 2.00 bits per heavy atom. The Morgan fingerprint density at radius 3 is 2.59 bits per heavy atom. The first kappa shape index (κ1) is 16.7. The molecular formula is C10H16NNaO4S. The Labute approximate surface area is 123 Å². The van der Waals surface area contributed by atoms with Gasteiger partial charge in [-0.3, -0.25) is 4.55 Å². The van der Waals surface area contributed by atoms with Crippen molar-refractivity contribution in [2.24, 2.45) is 0 Å². The van der Waals surface area contributed by atoms with E-state index in [1.54, 1.807) is 24.3 Å². The van der Waals surface area contributed by atoms with Gasteiger partial charge in [0.2, 0.25) is 0 Å². The summed E-state index contributed by atoms with van der Waals surface area (Å²) in [5.74, 6) is 0.430. The van der Waals surface area contributed by atoms with E-state index in [1.165, 1.54) is 0 Å². The summed E-state index contributed by atoms with van der Waals surface area (Å²) < 4.78 is 34.6. The van der Waals surface area contributed by atoms with Crippen LogP contribution >= 0.6 is 0 Å². The first-order chi connectivity index (χ1) is 7.47. The summed E-state index contributed by atoms with van der Waals surface area (Å²) in [5.41, 5.74) is 6.17. The molecule has 0 atom stereocenters. The fraction of sp³-hybridized carbons (Fsp3) is 0.400. The normalized spacial score (nSPS) is 10.6. The number of anilines is 1. The molecule has 92 valence electrons. The van der Waals surface area contributed by atoms with Gasteiger partial charge in [0.25, 0.3) is 10.1 Å². The summed E-state index contributed by atoms with van der Waals surface area (Å²) in [6.07, 6.45) is 0.940. The van der Waals surface area contributed by atoms with E-state index < -0.39 is 10.1 Å². The molecule has 0 radical (unpaired) electrons. The van der Waals surface area contributed by atoms with Gasteiger partial charge in [-0.1, -0.05) is 6.07 Å². The van der Waals surface area contributed by atoms with Crippen molar-refractivity contribution in [1.29, 1.82) is 0 Å². The Balaban J connectivity index is 0.00000256. The van der Waals surface area contributed by atoms with Crippen LogP contribution in [0, 0.1) is 0 Å². The molecule has 0 aromatic heterocycles. The van der Waals surface area contributed by atoms with Gasteiger partial charge in [0.1, 0.15) is 5.75 Å². The molecule has 5 nitrogen and oxygen atoms in total. The second-order valence-electron chi connectivity index (χ2n) is 3.41. The van der Waals surface area contributed by atoms with Crippen molar-refractivity contribution >= 4 is 45.4 Å². The Hall–Kier alpha value is -0.270. The van der Waals surface area contributed by atoms with Crippen molar-refractivity contribution in [2.75, 3.05) is 18.1 Å². The number of nitrogen functional groups attached to an aromatic ring is 1. The number of unbranched alkanes of at least 4 members (excludes halogenated alkanes) is 1. The Bertz CT molecular complexity index is 436. The Morgan fingerprint density at radius 1 is 1.29 bits per heavy atom. The quantitative estimate of drug-likeness (QED) is 0.343. The van der Waals surface area contributed by atoms with Crippen LogP contribution < -0.4 is 10.5 Å². The van der Waals surface area contributed by atoms with E-state index in [2.05, 4.69) is 0 Å².